The van der Waals surface area contributed by atoms with E-state index in [0.29, 0.717) is 90.0 Å². The van der Waals surface area contributed by atoms with Crippen molar-refractivity contribution in [1.82, 2.24) is 59.4 Å². The van der Waals surface area contributed by atoms with Crippen LogP contribution < -0.4 is 41.9 Å². The molecule has 131 heavy (non-hydrogen) atoms. The number of benzene rings is 4. The molecule has 0 aliphatic carbocycles. The molecule has 4 fully saturated rings. The van der Waals surface area contributed by atoms with Gasteiger partial charge >= 0.3 is 18.2 Å². The number of aromatic nitrogens is 4. The fourth-order valence-corrected chi connectivity index (χ4v) is 18.1. The van der Waals surface area contributed by atoms with Crippen LogP contribution in [0.2, 0.25) is 20.1 Å². The fourth-order valence-electron chi connectivity index (χ4n) is 14.5. The van der Waals surface area contributed by atoms with Gasteiger partial charge in [0.25, 0.3) is 31.9 Å². The number of likely N-dealkylation sites (tertiary alicyclic amines) is 2. The number of hydrogen-bond donors (Lipinski definition) is 11. The first-order chi connectivity index (χ1) is 61.2. The molecule has 12 rings (SSSR count). The number of amides is 7. The molecule has 0 unspecified atom stereocenters. The highest BCUT2D eigenvalue weighted by Gasteiger charge is 2.55. The van der Waals surface area contributed by atoms with Gasteiger partial charge in [0.15, 0.2) is 10.1 Å². The Morgan fingerprint density at radius 1 is 0.573 bits per heavy atom. The highest BCUT2D eigenvalue weighted by molar-refractivity contribution is 7.89. The minimum atomic E-state index is -4.32. The summed E-state index contributed by atoms with van der Waals surface area (Å²) in [6, 6.07) is 26.2. The van der Waals surface area contributed by atoms with Crippen LogP contribution in [0.15, 0.2) is 107 Å². The van der Waals surface area contributed by atoms with Crippen LogP contribution in [0.5, 0.6) is 0 Å². The van der Waals surface area contributed by atoms with E-state index >= 15 is 0 Å². The number of nitrogens with one attached hydrogen (secondary N) is 4. The van der Waals surface area contributed by atoms with E-state index in [-0.39, 0.29) is 121 Å². The average Bonchev–Trinajstić information content (AvgIpc) is 1.55. The highest BCUT2D eigenvalue weighted by Crippen LogP contribution is 2.47. The molecule has 13 N–H and O–H groups in total. The minimum Gasteiger partial charge on any atom is -0.480 e. The van der Waals surface area contributed by atoms with Gasteiger partial charge in [-0.15, -0.1) is 12.4 Å². The van der Waals surface area contributed by atoms with E-state index in [0.717, 1.165) is 48.3 Å². The number of carbonyl (C=O) groups is 8. The van der Waals surface area contributed by atoms with Gasteiger partial charge in [0.2, 0.25) is 29.6 Å². The molecule has 8 heterocycles. The fraction of sp³-hybridized carbons (Fsp3) is 0.523. The number of aliphatic hydroxyl groups is 4. The largest absolute Gasteiger partial charge is 0.480 e. The lowest BCUT2D eigenvalue weighted by Gasteiger charge is -2.29. The van der Waals surface area contributed by atoms with Crippen molar-refractivity contribution in [2.45, 2.75) is 204 Å². The number of aliphatic carboxylic acids is 1. The van der Waals surface area contributed by atoms with Crippen molar-refractivity contribution in [2.75, 3.05) is 108 Å². The van der Waals surface area contributed by atoms with Crippen LogP contribution in [-0.2, 0) is 82.2 Å². The van der Waals surface area contributed by atoms with Gasteiger partial charge in [-0.1, -0.05) is 91.4 Å². The Morgan fingerprint density at radius 2 is 0.931 bits per heavy atom. The van der Waals surface area contributed by atoms with Crippen molar-refractivity contribution < 1.29 is 90.2 Å². The van der Waals surface area contributed by atoms with Crippen molar-refractivity contribution in [3.05, 3.63) is 140 Å². The SMILES string of the molecule is CC#N.CC(C)(C)OC(=O)N1CCC[C@H]1C(=O)NCCO.CC(C)(C)OC(=O)N1CCC[C@H]1C(=O)O.CCN(CC)CC.C[C@@]1(Cc2ccc(C#N)cc2)C(=O)N(c2cc(Cl)cc(Cl)c2)c2ncc(S(=O)(=O)N3CCC[C@H]3C(=O)NCCO)n21.C[C@@]1(Cc2ccc(C#N)cc2)C(=O)N(c2cc(Cl)cc(Cl)c2)c2ncc(S(N)(=O)=O)n21.Cl.NCCO.O=C(NCCO)[C@@H]1CCCN1. The van der Waals surface area contributed by atoms with Crippen LogP contribution in [-0.4, -0.2) is 262 Å². The minimum absolute atomic E-state index is 0. The summed E-state index contributed by atoms with van der Waals surface area (Å²) in [6.45, 7) is 28.1. The maximum Gasteiger partial charge on any atom is 0.411 e. The Bertz CT molecular complexity index is 5160. The van der Waals surface area contributed by atoms with Crippen molar-refractivity contribution in [3.63, 3.8) is 0 Å². The molecular weight excluding hydrogens is 1840 g/mol. The van der Waals surface area contributed by atoms with Gasteiger partial charge in [-0.2, -0.15) is 20.1 Å². The lowest BCUT2D eigenvalue weighted by molar-refractivity contribution is -0.142. The van der Waals surface area contributed by atoms with Gasteiger partial charge in [0.1, 0.15) is 40.4 Å². The second-order valence-corrected chi connectivity index (χ2v) is 37.5. The number of fused-ring (bicyclic) bond motifs is 2. The van der Waals surface area contributed by atoms with Crippen molar-refractivity contribution in [1.29, 1.82) is 15.8 Å². The Kier molecular flexibility index (Phi) is 45.5. The van der Waals surface area contributed by atoms with E-state index in [1.165, 1.54) is 97.9 Å². The molecule has 0 saturated carbocycles. The van der Waals surface area contributed by atoms with E-state index in [1.807, 2.05) is 6.07 Å². The number of rotatable bonds is 23. The smallest absolute Gasteiger partial charge is 0.411 e. The molecule has 0 spiro atoms. The van der Waals surface area contributed by atoms with Crippen LogP contribution >= 0.6 is 58.8 Å². The van der Waals surface area contributed by atoms with E-state index in [4.69, 9.17) is 103 Å². The Balaban J connectivity index is 0.000000351. The van der Waals surface area contributed by atoms with Gasteiger partial charge in [0.05, 0.1) is 85.6 Å². The molecule has 0 bridgehead atoms. The number of halogens is 5. The van der Waals surface area contributed by atoms with Crippen LogP contribution in [0.1, 0.15) is 157 Å². The van der Waals surface area contributed by atoms with Crippen LogP contribution in [0.4, 0.5) is 32.9 Å². The molecule has 38 nitrogen and oxygen atoms in total. The van der Waals surface area contributed by atoms with E-state index < -0.39 is 96.3 Å². The number of nitrogens with two attached hydrogens (primary N) is 2. The van der Waals surface area contributed by atoms with Gasteiger partial charge in [-0.3, -0.25) is 42.9 Å². The number of nitrogens with zero attached hydrogens (tertiary/aromatic N) is 13. The normalized spacial score (nSPS) is 18.8. The third-order valence-corrected chi connectivity index (χ3v) is 24.0. The number of anilines is 4. The lowest BCUT2D eigenvalue weighted by Crippen LogP contribution is -2.48. The number of imidazole rings is 2. The lowest BCUT2D eigenvalue weighted by atomic mass is 9.91. The number of carbonyl (C=O) groups excluding carboxylic acids is 7. The van der Waals surface area contributed by atoms with Crippen molar-refractivity contribution in [3.8, 4) is 18.2 Å². The van der Waals surface area contributed by atoms with Gasteiger partial charge < -0.3 is 66.9 Å². The first-order valence-corrected chi connectivity index (χ1v) is 46.5. The summed E-state index contributed by atoms with van der Waals surface area (Å²) in [6.07, 6.45) is 6.94. The molecular formula is C86H120Cl5N19O19S2. The monoisotopic (exact) mass is 1960 g/mol. The molecule has 2 aromatic heterocycles. The van der Waals surface area contributed by atoms with Crippen molar-refractivity contribution in [2.24, 2.45) is 10.9 Å². The molecule has 6 aromatic rings. The standard InChI is InChI=1S/C27H26Cl2N6O5S.C20H15Cl2N5O3S.C12H22N2O4.C10H17NO4.C7H14N2O2.C6H15N.C2H7NO.C2H3N.ClH/c1-27(14-17-4-6-18(15-30)7-5-17)25(38)34(21-12-19(28)11-20(29)13-21)26-32-16-23(35(26)27)41(39,40)33-9-2-3-22(33)24(37)31-8-10-36;1-20(9-12-2-4-13(10-23)5-3-12)18(28)26(16-7-14(21)6-15(22)8-16)19-25-11-17(27(19)20)31(24,29)30;1-12(2,3)18-11(17)14-7-4-5-9(14)10(16)13-6-8-15;1-10(2,3)15-9(14)11-6-4-5-7(11)8(12)13;10-5-4-9-7(11)6-2-1-3-8-6;1-4-7(5-2)6-3;3-1-2-4;1-2-3;/h4-7,11-13,16,22,36H,2-3,8-10,14H2,1H3,(H,31,37);2-8,11H,9H2,1H3,(H2,24,29,30);9,15H,4-8H2,1-3H3,(H,13,16);7H,4-6H2,1-3H3,(H,12,13);6,8,10H,1-5H2,(H,9,11);4-6H2,1-3H3;4H,1-3H2;1H3;1H/t22-,27+;20-;9-;7-;6-;;;;/m01000..../s1. The van der Waals surface area contributed by atoms with Crippen LogP contribution in [0.25, 0.3) is 0 Å². The summed E-state index contributed by atoms with van der Waals surface area (Å²) in [5.41, 5.74) is 3.79. The Hall–Kier alpha value is -9.88. The van der Waals surface area contributed by atoms with Gasteiger partial charge in [-0.25, -0.2) is 56.1 Å². The summed E-state index contributed by atoms with van der Waals surface area (Å²) in [4.78, 5) is 114. The van der Waals surface area contributed by atoms with Crippen LogP contribution in [0, 0.1) is 34.0 Å². The summed E-state index contributed by atoms with van der Waals surface area (Å²) in [5, 5.41) is 85.2. The number of ether oxygens (including phenoxy) is 2. The number of aliphatic hydroxyl groups excluding tert-OH is 4. The van der Waals surface area contributed by atoms with E-state index in [2.05, 4.69) is 63.0 Å². The zero-order chi connectivity index (χ0) is 97.4. The van der Waals surface area contributed by atoms with E-state index in [9.17, 15) is 60.5 Å². The molecule has 45 heteroatoms. The molecule has 7 amide bonds. The topological polar surface area (TPSA) is 551 Å². The maximum atomic E-state index is 14.2. The quantitative estimate of drug-likeness (QED) is 0.0287. The summed E-state index contributed by atoms with van der Waals surface area (Å²) in [7, 11) is -8.50. The summed E-state index contributed by atoms with van der Waals surface area (Å²) in [5.74, 6) is -2.43. The van der Waals surface area contributed by atoms with E-state index in [1.54, 1.807) is 110 Å². The second kappa shape index (κ2) is 52.5. The number of sulfonamides is 2. The maximum absolute atomic E-state index is 14.2. The number of hydrogen-bond acceptors (Lipinski definition) is 26. The first kappa shape index (κ1) is 113. The molecule has 720 valence electrons. The van der Waals surface area contributed by atoms with Crippen LogP contribution in [0.3, 0.4) is 0 Å². The predicted octanol–water partition coefficient (Wildman–Crippen LogP) is 8.35. The first-order valence-electron chi connectivity index (χ1n) is 42.0. The number of primary sulfonamides is 1. The third-order valence-electron chi connectivity index (χ3n) is 20.4. The van der Waals surface area contributed by atoms with Gasteiger partial charge in [0, 0.05) is 85.7 Å². The highest BCUT2D eigenvalue weighted by atomic mass is 35.5. The Labute approximate surface area is 790 Å². The number of carboxylic acid groups (broad SMARTS) is 1. The summed E-state index contributed by atoms with van der Waals surface area (Å²) >= 11 is 24.7. The van der Waals surface area contributed by atoms with Crippen molar-refractivity contribution >= 4 is 150 Å². The molecule has 6 aliphatic rings. The number of carboxylic acids is 1. The molecule has 4 aromatic carbocycles. The zero-order valence-corrected chi connectivity index (χ0v) is 80.9. The molecule has 0 radical (unpaired) electrons. The van der Waals surface area contributed by atoms with Gasteiger partial charge in [-0.05, 0) is 205 Å². The average molecular weight is 1970 g/mol. The summed E-state index contributed by atoms with van der Waals surface area (Å²) < 4.78 is 67.0. The molecule has 6 aliphatic heterocycles. The molecule has 6 atom stereocenters. The molecule has 4 saturated heterocycles. The third kappa shape index (κ3) is 31.6. The Morgan fingerprint density at radius 3 is 1.27 bits per heavy atom. The predicted molar refractivity (Wildman–Crippen MR) is 496 cm³/mol. The number of nitriles is 3. The second-order valence-electron chi connectivity index (χ2n) is 32.4. The zero-order valence-electron chi connectivity index (χ0n) is 75.4.